The Labute approximate surface area is 65.9 Å². The van der Waals surface area contributed by atoms with Gasteiger partial charge in [0.2, 0.25) is 0 Å². The van der Waals surface area contributed by atoms with Crippen molar-refractivity contribution in [3.05, 3.63) is 0 Å². The van der Waals surface area contributed by atoms with E-state index in [2.05, 4.69) is 0 Å². The van der Waals surface area contributed by atoms with Crippen molar-refractivity contribution >= 4 is 5.97 Å². The van der Waals surface area contributed by atoms with Crippen molar-refractivity contribution in [1.29, 1.82) is 5.26 Å². The van der Waals surface area contributed by atoms with Crippen LogP contribution in [-0.4, -0.2) is 17.6 Å². The van der Waals surface area contributed by atoms with Gasteiger partial charge >= 0.3 is 5.97 Å². The number of nitrogens with two attached hydrogens (primary N) is 1. The lowest BCUT2D eigenvalue weighted by Crippen LogP contribution is -2.36. The van der Waals surface area contributed by atoms with Gasteiger partial charge in [-0.2, -0.15) is 5.26 Å². The molecule has 4 nitrogen and oxygen atoms in total. The minimum absolute atomic E-state index is 0.578. The molecule has 0 aliphatic rings. The number of nitrogens with zero attached hydrogens (tertiary/aromatic N) is 1. The fourth-order valence-electron chi connectivity index (χ4n) is 0.418. The van der Waals surface area contributed by atoms with Crippen molar-refractivity contribution in [3.8, 4) is 6.07 Å². The van der Waals surface area contributed by atoms with Gasteiger partial charge in [0.1, 0.15) is 5.60 Å². The van der Waals surface area contributed by atoms with Crippen molar-refractivity contribution < 1.29 is 9.53 Å². The first-order chi connectivity index (χ1) is 4.87. The summed E-state index contributed by atoms with van der Waals surface area (Å²) in [5.74, 6) is -0.681. The van der Waals surface area contributed by atoms with Crippen LogP contribution in [0.1, 0.15) is 20.8 Å². The lowest BCUT2D eigenvalue weighted by Gasteiger charge is -2.19. The molecule has 0 aromatic heterocycles. The lowest BCUT2D eigenvalue weighted by atomic mass is 10.2. The molecule has 0 bridgehead atoms. The summed E-state index contributed by atoms with van der Waals surface area (Å²) < 4.78 is 4.80. The van der Waals surface area contributed by atoms with Crippen molar-refractivity contribution in [2.24, 2.45) is 5.73 Å². The van der Waals surface area contributed by atoms with Gasteiger partial charge < -0.3 is 10.5 Å². The van der Waals surface area contributed by atoms with Gasteiger partial charge in [0, 0.05) is 0 Å². The van der Waals surface area contributed by atoms with Crippen molar-refractivity contribution in [3.63, 3.8) is 0 Å². The van der Waals surface area contributed by atoms with E-state index in [0.717, 1.165) is 0 Å². The SMILES string of the molecule is CC(C)(C)OC(=O)[C@H](N)C#N. The van der Waals surface area contributed by atoms with Crippen LogP contribution in [-0.2, 0) is 9.53 Å². The van der Waals surface area contributed by atoms with Gasteiger partial charge in [-0.25, -0.2) is 4.79 Å². The molecule has 0 aliphatic carbocycles. The molecular weight excluding hydrogens is 144 g/mol. The second-order valence-electron chi connectivity index (χ2n) is 3.14. The van der Waals surface area contributed by atoms with Crippen molar-refractivity contribution in [2.45, 2.75) is 32.4 Å². The summed E-state index contributed by atoms with van der Waals surface area (Å²) in [5.41, 5.74) is 4.51. The minimum Gasteiger partial charge on any atom is -0.458 e. The van der Waals surface area contributed by atoms with Crippen molar-refractivity contribution in [1.82, 2.24) is 0 Å². The normalized spacial score (nSPS) is 13.4. The zero-order valence-corrected chi connectivity index (χ0v) is 6.92. The van der Waals surface area contributed by atoms with Crippen LogP contribution < -0.4 is 5.73 Å². The molecule has 0 aliphatic heterocycles. The molecule has 0 heterocycles. The highest BCUT2D eigenvalue weighted by molar-refractivity contribution is 5.78. The van der Waals surface area contributed by atoms with E-state index in [1.165, 1.54) is 0 Å². The highest BCUT2D eigenvalue weighted by atomic mass is 16.6. The van der Waals surface area contributed by atoms with Gasteiger partial charge in [0.25, 0.3) is 0 Å². The molecule has 0 radical (unpaired) electrons. The smallest absolute Gasteiger partial charge is 0.338 e. The molecule has 62 valence electrons. The summed E-state index contributed by atoms with van der Waals surface area (Å²) in [6.07, 6.45) is 0. The first-order valence-corrected chi connectivity index (χ1v) is 3.25. The summed E-state index contributed by atoms with van der Waals surface area (Å²) in [6.45, 7) is 5.15. The predicted octanol–water partition coefficient (Wildman–Crippen LogP) is 0.179. The van der Waals surface area contributed by atoms with E-state index in [9.17, 15) is 4.79 Å². The van der Waals surface area contributed by atoms with Crippen LogP contribution in [0.5, 0.6) is 0 Å². The summed E-state index contributed by atoms with van der Waals surface area (Å²) >= 11 is 0. The van der Waals surface area contributed by atoms with Crippen LogP contribution in [0.4, 0.5) is 0 Å². The third kappa shape index (κ3) is 4.34. The largest absolute Gasteiger partial charge is 0.458 e. The number of hydrogen-bond donors (Lipinski definition) is 1. The molecule has 11 heavy (non-hydrogen) atoms. The molecule has 0 aromatic carbocycles. The lowest BCUT2D eigenvalue weighted by molar-refractivity contribution is -0.154. The fourth-order valence-corrected chi connectivity index (χ4v) is 0.418. The second kappa shape index (κ2) is 3.35. The van der Waals surface area contributed by atoms with Crippen molar-refractivity contribution in [2.75, 3.05) is 0 Å². The average Bonchev–Trinajstić information content (AvgIpc) is 1.82. The molecular formula is C7H12N2O2. The third-order valence-electron chi connectivity index (χ3n) is 0.800. The maximum Gasteiger partial charge on any atom is 0.338 e. The summed E-state index contributed by atoms with van der Waals surface area (Å²) in [7, 11) is 0. The van der Waals surface area contributed by atoms with Gasteiger partial charge in [-0.1, -0.05) is 0 Å². The zero-order chi connectivity index (χ0) is 9.07. The Bertz CT molecular complexity index is 188. The Morgan fingerprint density at radius 2 is 2.09 bits per heavy atom. The number of carbonyl (C=O) groups excluding carboxylic acids is 1. The molecule has 0 spiro atoms. The monoisotopic (exact) mass is 156 g/mol. The van der Waals surface area contributed by atoms with Gasteiger partial charge in [-0.15, -0.1) is 0 Å². The Morgan fingerprint density at radius 1 is 1.64 bits per heavy atom. The van der Waals surface area contributed by atoms with E-state index in [1.54, 1.807) is 26.8 Å². The van der Waals surface area contributed by atoms with E-state index >= 15 is 0 Å². The average molecular weight is 156 g/mol. The fraction of sp³-hybridized carbons (Fsp3) is 0.714. The highest BCUT2D eigenvalue weighted by Crippen LogP contribution is 2.07. The number of esters is 1. The molecule has 4 heteroatoms. The van der Waals surface area contributed by atoms with Crippen LogP contribution >= 0.6 is 0 Å². The topological polar surface area (TPSA) is 76.1 Å². The maximum absolute atomic E-state index is 10.8. The summed E-state index contributed by atoms with van der Waals surface area (Å²) in [5, 5.41) is 8.23. The molecule has 0 unspecified atom stereocenters. The molecule has 1 atom stereocenters. The molecule has 2 N–H and O–H groups in total. The van der Waals surface area contributed by atoms with Crippen LogP contribution in [0.15, 0.2) is 0 Å². The highest BCUT2D eigenvalue weighted by Gasteiger charge is 2.21. The van der Waals surface area contributed by atoms with Gasteiger partial charge in [0.05, 0.1) is 6.07 Å². The quantitative estimate of drug-likeness (QED) is 0.549. The van der Waals surface area contributed by atoms with E-state index in [1.807, 2.05) is 0 Å². The predicted molar refractivity (Wildman–Crippen MR) is 39.4 cm³/mol. The number of rotatable bonds is 1. The number of carbonyl (C=O) groups is 1. The Kier molecular flexibility index (Phi) is 3.02. The van der Waals surface area contributed by atoms with Crippen LogP contribution in [0.2, 0.25) is 0 Å². The molecule has 0 amide bonds. The third-order valence-corrected chi connectivity index (χ3v) is 0.800. The molecule has 0 saturated heterocycles. The Balaban J connectivity index is 4.01. The van der Waals surface area contributed by atoms with Crippen LogP contribution in [0.3, 0.4) is 0 Å². The van der Waals surface area contributed by atoms with E-state index in [4.69, 9.17) is 15.7 Å². The number of ether oxygens (including phenoxy) is 1. The molecule has 0 fully saturated rings. The summed E-state index contributed by atoms with van der Waals surface area (Å²) in [4.78, 5) is 10.8. The van der Waals surface area contributed by atoms with Gasteiger partial charge in [0.15, 0.2) is 6.04 Å². The minimum atomic E-state index is -1.17. The first kappa shape index (κ1) is 9.92. The van der Waals surface area contributed by atoms with E-state index in [0.29, 0.717) is 0 Å². The Hall–Kier alpha value is -1.08. The van der Waals surface area contributed by atoms with E-state index < -0.39 is 17.6 Å². The Morgan fingerprint density at radius 3 is 2.36 bits per heavy atom. The summed E-state index contributed by atoms with van der Waals surface area (Å²) in [6, 6.07) is 0.418. The molecule has 0 saturated carbocycles. The molecule has 0 rings (SSSR count). The van der Waals surface area contributed by atoms with E-state index in [-0.39, 0.29) is 0 Å². The number of nitriles is 1. The second-order valence-corrected chi connectivity index (χ2v) is 3.14. The molecule has 0 aromatic rings. The van der Waals surface area contributed by atoms with Crippen LogP contribution in [0, 0.1) is 11.3 Å². The van der Waals surface area contributed by atoms with Gasteiger partial charge in [-0.05, 0) is 20.8 Å². The van der Waals surface area contributed by atoms with Crippen LogP contribution in [0.25, 0.3) is 0 Å². The first-order valence-electron chi connectivity index (χ1n) is 3.25. The standard InChI is InChI=1S/C7H12N2O2/c1-7(2,3)11-6(10)5(9)4-8/h5H,9H2,1-3H3/t5-/m1/s1. The zero-order valence-electron chi connectivity index (χ0n) is 6.92. The number of hydrogen-bond acceptors (Lipinski definition) is 4. The maximum atomic E-state index is 10.8. The van der Waals surface area contributed by atoms with Gasteiger partial charge in [-0.3, -0.25) is 0 Å².